The largest absolute Gasteiger partial charge is 0.489 e. The van der Waals surface area contributed by atoms with Gasteiger partial charge < -0.3 is 9.47 Å². The van der Waals surface area contributed by atoms with E-state index in [0.717, 1.165) is 0 Å². The molecule has 4 nitrogen and oxygen atoms in total. The zero-order valence-corrected chi connectivity index (χ0v) is 9.49. The molecule has 0 saturated carbocycles. The van der Waals surface area contributed by atoms with Crippen LogP contribution in [0, 0.1) is 0 Å². The van der Waals surface area contributed by atoms with E-state index in [1.54, 1.807) is 24.3 Å². The summed E-state index contributed by atoms with van der Waals surface area (Å²) >= 11 is 5.16. The molecule has 0 spiro atoms. The molecule has 0 heterocycles. The van der Waals surface area contributed by atoms with Crippen LogP contribution in [0.5, 0.6) is 11.5 Å². The standard InChI is InChI=1S/C11H11ClO4/c1-8(13)16-10-5-3-2-4-9(10)15-7-6-11(12)14/h2-5H,6-7H2,1H3. The third-order valence-electron chi connectivity index (χ3n) is 1.66. The van der Waals surface area contributed by atoms with E-state index in [9.17, 15) is 9.59 Å². The smallest absolute Gasteiger partial charge is 0.308 e. The highest BCUT2D eigenvalue weighted by Crippen LogP contribution is 2.26. The van der Waals surface area contributed by atoms with Crippen molar-refractivity contribution in [1.82, 2.24) is 0 Å². The quantitative estimate of drug-likeness (QED) is 0.451. The van der Waals surface area contributed by atoms with E-state index in [0.29, 0.717) is 11.5 Å². The molecule has 5 heteroatoms. The van der Waals surface area contributed by atoms with Gasteiger partial charge >= 0.3 is 5.97 Å². The molecule has 0 aromatic heterocycles. The Morgan fingerprint density at radius 2 is 1.88 bits per heavy atom. The van der Waals surface area contributed by atoms with E-state index < -0.39 is 11.2 Å². The van der Waals surface area contributed by atoms with Gasteiger partial charge in [0.1, 0.15) is 0 Å². The molecule has 0 aliphatic rings. The van der Waals surface area contributed by atoms with Gasteiger partial charge in [-0.05, 0) is 23.7 Å². The van der Waals surface area contributed by atoms with E-state index >= 15 is 0 Å². The Balaban J connectivity index is 2.63. The van der Waals surface area contributed by atoms with Crippen molar-refractivity contribution in [2.45, 2.75) is 13.3 Å². The first-order chi connectivity index (χ1) is 7.59. The molecule has 1 aromatic carbocycles. The minimum absolute atomic E-state index is 0.107. The van der Waals surface area contributed by atoms with E-state index in [1.807, 2.05) is 0 Å². The Morgan fingerprint density at radius 3 is 2.44 bits per heavy atom. The lowest BCUT2D eigenvalue weighted by molar-refractivity contribution is -0.132. The number of hydrogen-bond donors (Lipinski definition) is 0. The summed E-state index contributed by atoms with van der Waals surface area (Å²) in [6.45, 7) is 1.46. The van der Waals surface area contributed by atoms with Gasteiger partial charge in [-0.3, -0.25) is 9.59 Å². The molecule has 0 atom stereocenters. The van der Waals surface area contributed by atoms with Gasteiger partial charge in [-0.2, -0.15) is 0 Å². The predicted molar refractivity (Wildman–Crippen MR) is 58.7 cm³/mol. The molecule has 0 fully saturated rings. The zero-order valence-electron chi connectivity index (χ0n) is 8.73. The van der Waals surface area contributed by atoms with Crippen LogP contribution in [0.3, 0.4) is 0 Å². The molecule has 0 radical (unpaired) electrons. The lowest BCUT2D eigenvalue weighted by Gasteiger charge is -2.09. The Kier molecular flexibility index (Phi) is 4.79. The highest BCUT2D eigenvalue weighted by atomic mass is 35.5. The first-order valence-electron chi connectivity index (χ1n) is 4.68. The summed E-state index contributed by atoms with van der Waals surface area (Å²) in [5.41, 5.74) is 0. The van der Waals surface area contributed by atoms with Crippen LogP contribution < -0.4 is 9.47 Å². The number of benzene rings is 1. The van der Waals surface area contributed by atoms with Crippen molar-refractivity contribution in [3.05, 3.63) is 24.3 Å². The third-order valence-corrected chi connectivity index (χ3v) is 1.85. The zero-order chi connectivity index (χ0) is 12.0. The van der Waals surface area contributed by atoms with Gasteiger partial charge in [-0.15, -0.1) is 0 Å². The first kappa shape index (κ1) is 12.5. The maximum atomic E-state index is 10.8. The highest BCUT2D eigenvalue weighted by molar-refractivity contribution is 6.63. The molecular weight excluding hydrogens is 232 g/mol. The molecule has 0 amide bonds. The number of hydrogen-bond acceptors (Lipinski definition) is 4. The summed E-state index contributed by atoms with van der Waals surface area (Å²) in [5, 5.41) is -0.468. The fourth-order valence-corrected chi connectivity index (χ4v) is 1.13. The second-order valence-corrected chi connectivity index (χ2v) is 3.42. The molecule has 0 unspecified atom stereocenters. The minimum Gasteiger partial charge on any atom is -0.489 e. The van der Waals surface area contributed by atoms with Crippen molar-refractivity contribution in [3.8, 4) is 11.5 Å². The SMILES string of the molecule is CC(=O)Oc1ccccc1OCCC(=O)Cl. The van der Waals surface area contributed by atoms with Crippen molar-refractivity contribution in [3.63, 3.8) is 0 Å². The number of esters is 1. The molecule has 86 valence electrons. The van der Waals surface area contributed by atoms with Crippen LogP contribution in [0.4, 0.5) is 0 Å². The summed E-state index contributed by atoms with van der Waals surface area (Å²) in [7, 11) is 0. The van der Waals surface area contributed by atoms with Crippen molar-refractivity contribution in [2.24, 2.45) is 0 Å². The van der Waals surface area contributed by atoms with Crippen molar-refractivity contribution >= 4 is 22.8 Å². The molecule has 0 N–H and O–H groups in total. The van der Waals surface area contributed by atoms with Crippen LogP contribution in [0.25, 0.3) is 0 Å². The minimum atomic E-state index is -0.468. The van der Waals surface area contributed by atoms with Crippen LogP contribution in [0.15, 0.2) is 24.3 Å². The lowest BCUT2D eigenvalue weighted by Crippen LogP contribution is -2.06. The highest BCUT2D eigenvalue weighted by Gasteiger charge is 2.06. The molecule has 0 bridgehead atoms. The average Bonchev–Trinajstić information content (AvgIpc) is 2.19. The molecule has 1 aromatic rings. The maximum absolute atomic E-state index is 10.8. The molecule has 0 aliphatic carbocycles. The summed E-state index contributed by atoms with van der Waals surface area (Å²) in [4.78, 5) is 21.3. The van der Waals surface area contributed by atoms with Crippen LogP contribution >= 0.6 is 11.6 Å². The van der Waals surface area contributed by atoms with Gasteiger partial charge in [-0.25, -0.2) is 0 Å². The van der Waals surface area contributed by atoms with Crippen LogP contribution in [-0.2, 0) is 9.59 Å². The lowest BCUT2D eigenvalue weighted by atomic mass is 10.3. The van der Waals surface area contributed by atoms with Crippen molar-refractivity contribution < 1.29 is 19.1 Å². The topological polar surface area (TPSA) is 52.6 Å². The molecule has 16 heavy (non-hydrogen) atoms. The second kappa shape index (κ2) is 6.12. The van der Waals surface area contributed by atoms with E-state index in [1.165, 1.54) is 6.92 Å². The fraction of sp³-hybridized carbons (Fsp3) is 0.273. The van der Waals surface area contributed by atoms with Gasteiger partial charge in [0, 0.05) is 6.92 Å². The van der Waals surface area contributed by atoms with Gasteiger partial charge in [0.2, 0.25) is 5.24 Å². The van der Waals surface area contributed by atoms with Crippen molar-refractivity contribution in [2.75, 3.05) is 6.61 Å². The number of para-hydroxylation sites is 2. The summed E-state index contributed by atoms with van der Waals surface area (Å²) in [6.07, 6.45) is 0.107. The summed E-state index contributed by atoms with van der Waals surface area (Å²) < 4.78 is 10.2. The van der Waals surface area contributed by atoms with E-state index in [-0.39, 0.29) is 13.0 Å². The van der Waals surface area contributed by atoms with Crippen LogP contribution in [0.2, 0.25) is 0 Å². The van der Waals surface area contributed by atoms with Crippen molar-refractivity contribution in [1.29, 1.82) is 0 Å². The number of ether oxygens (including phenoxy) is 2. The Hall–Kier alpha value is -1.55. The Morgan fingerprint density at radius 1 is 1.25 bits per heavy atom. The molecular formula is C11H11ClO4. The van der Waals surface area contributed by atoms with E-state index in [2.05, 4.69) is 0 Å². The molecule has 0 saturated heterocycles. The number of carbonyl (C=O) groups excluding carboxylic acids is 2. The van der Waals surface area contributed by atoms with Gasteiger partial charge in [0.25, 0.3) is 0 Å². The molecule has 1 rings (SSSR count). The number of carbonyl (C=O) groups is 2. The second-order valence-electron chi connectivity index (χ2n) is 2.99. The normalized spacial score (nSPS) is 9.62. The number of halogens is 1. The number of rotatable bonds is 5. The third kappa shape index (κ3) is 4.31. The van der Waals surface area contributed by atoms with Crippen LogP contribution in [0.1, 0.15) is 13.3 Å². The first-order valence-corrected chi connectivity index (χ1v) is 5.06. The van der Waals surface area contributed by atoms with Gasteiger partial charge in [0.05, 0.1) is 13.0 Å². The Labute approximate surface area is 98.1 Å². The molecule has 0 aliphatic heterocycles. The van der Waals surface area contributed by atoms with E-state index in [4.69, 9.17) is 21.1 Å². The van der Waals surface area contributed by atoms with Crippen LogP contribution in [-0.4, -0.2) is 17.8 Å². The Bertz CT molecular complexity index is 389. The summed E-state index contributed by atoms with van der Waals surface area (Å²) in [6, 6.07) is 6.72. The summed E-state index contributed by atoms with van der Waals surface area (Å²) in [5.74, 6) is 0.317. The maximum Gasteiger partial charge on any atom is 0.308 e. The predicted octanol–water partition coefficient (Wildman–Crippen LogP) is 2.15. The van der Waals surface area contributed by atoms with Gasteiger partial charge in [-0.1, -0.05) is 12.1 Å². The fourth-order valence-electron chi connectivity index (χ4n) is 1.05. The van der Waals surface area contributed by atoms with Gasteiger partial charge in [0.15, 0.2) is 11.5 Å². The average molecular weight is 243 g/mol. The monoisotopic (exact) mass is 242 g/mol.